The number of hydrogen-bond acceptors (Lipinski definition) is 4. The molecule has 5 heteroatoms. The standard InChI is InChI=1S/C25H33N3O2/c1-19(21-5-3-2-4-6-21)27-25(29)16-20-15-23(18-26-17-20)22-7-9-24(10-8-22)28-11-13-30-14-12-28/h7-10,15,17-19,21H,2-6,11-14,16H2,1H3,(H,27,29)/t19-/m0/s1. The van der Waals surface area contributed by atoms with Crippen molar-refractivity contribution in [3.05, 3.63) is 48.3 Å². The minimum Gasteiger partial charge on any atom is -0.378 e. The van der Waals surface area contributed by atoms with Gasteiger partial charge in [-0.2, -0.15) is 0 Å². The predicted octanol–water partition coefficient (Wildman–Crippen LogP) is 4.21. The maximum atomic E-state index is 12.6. The van der Waals surface area contributed by atoms with E-state index >= 15 is 0 Å². The number of rotatable bonds is 6. The Morgan fingerprint density at radius 3 is 2.57 bits per heavy atom. The number of nitrogens with one attached hydrogen (secondary N) is 1. The van der Waals surface area contributed by atoms with Crippen molar-refractivity contribution in [3.63, 3.8) is 0 Å². The Labute approximate surface area is 179 Å². The molecule has 2 aromatic rings. The van der Waals surface area contributed by atoms with Gasteiger partial charge in [0.15, 0.2) is 0 Å². The van der Waals surface area contributed by atoms with Crippen LogP contribution in [0.25, 0.3) is 11.1 Å². The summed E-state index contributed by atoms with van der Waals surface area (Å²) < 4.78 is 5.43. The Balaban J connectivity index is 1.36. The van der Waals surface area contributed by atoms with Crippen LogP contribution in [0.15, 0.2) is 42.7 Å². The average molecular weight is 408 g/mol. The van der Waals surface area contributed by atoms with E-state index in [4.69, 9.17) is 4.74 Å². The van der Waals surface area contributed by atoms with E-state index in [-0.39, 0.29) is 11.9 Å². The molecule has 1 aliphatic heterocycles. The molecule has 1 aliphatic carbocycles. The molecule has 1 saturated heterocycles. The average Bonchev–Trinajstić information content (AvgIpc) is 2.80. The molecule has 1 aromatic heterocycles. The van der Waals surface area contributed by atoms with Crippen molar-refractivity contribution >= 4 is 11.6 Å². The Bertz CT molecular complexity index is 825. The van der Waals surface area contributed by atoms with Gasteiger partial charge >= 0.3 is 0 Å². The lowest BCUT2D eigenvalue weighted by molar-refractivity contribution is -0.121. The third-order valence-electron chi connectivity index (χ3n) is 6.48. The molecule has 4 rings (SSSR count). The van der Waals surface area contributed by atoms with E-state index < -0.39 is 0 Å². The summed E-state index contributed by atoms with van der Waals surface area (Å²) in [5.41, 5.74) is 4.35. The molecule has 1 atom stereocenters. The van der Waals surface area contributed by atoms with Crippen LogP contribution in [0.5, 0.6) is 0 Å². The second-order valence-corrected chi connectivity index (χ2v) is 8.66. The van der Waals surface area contributed by atoms with Crippen molar-refractivity contribution in [3.8, 4) is 11.1 Å². The summed E-state index contributed by atoms with van der Waals surface area (Å²) in [6.07, 6.45) is 10.4. The highest BCUT2D eigenvalue weighted by atomic mass is 16.5. The van der Waals surface area contributed by atoms with Gasteiger partial charge in [-0.1, -0.05) is 31.4 Å². The van der Waals surface area contributed by atoms with Crippen LogP contribution in [-0.4, -0.2) is 43.2 Å². The third kappa shape index (κ3) is 5.39. The molecule has 2 aliphatic rings. The fraction of sp³-hybridized carbons (Fsp3) is 0.520. The molecule has 1 saturated carbocycles. The molecule has 5 nitrogen and oxygen atoms in total. The lowest BCUT2D eigenvalue weighted by atomic mass is 9.84. The fourth-order valence-electron chi connectivity index (χ4n) is 4.67. The van der Waals surface area contributed by atoms with Gasteiger partial charge in [-0.3, -0.25) is 9.78 Å². The first-order valence-electron chi connectivity index (χ1n) is 11.4. The zero-order chi connectivity index (χ0) is 20.8. The summed E-state index contributed by atoms with van der Waals surface area (Å²) >= 11 is 0. The van der Waals surface area contributed by atoms with E-state index in [1.165, 1.54) is 37.8 Å². The maximum absolute atomic E-state index is 12.6. The maximum Gasteiger partial charge on any atom is 0.224 e. The van der Waals surface area contributed by atoms with Crippen LogP contribution in [0.1, 0.15) is 44.6 Å². The molecule has 30 heavy (non-hydrogen) atoms. The van der Waals surface area contributed by atoms with Gasteiger partial charge in [0.2, 0.25) is 5.91 Å². The first kappa shape index (κ1) is 20.9. The molecule has 1 amide bonds. The van der Waals surface area contributed by atoms with E-state index in [1.54, 1.807) is 6.20 Å². The number of aromatic nitrogens is 1. The van der Waals surface area contributed by atoms with E-state index in [1.807, 2.05) is 6.20 Å². The Hall–Kier alpha value is -2.40. The van der Waals surface area contributed by atoms with Crippen molar-refractivity contribution in [2.45, 2.75) is 51.5 Å². The summed E-state index contributed by atoms with van der Waals surface area (Å²) in [4.78, 5) is 19.3. The van der Waals surface area contributed by atoms with Crippen LogP contribution >= 0.6 is 0 Å². The number of nitrogens with zero attached hydrogens (tertiary/aromatic N) is 2. The first-order chi connectivity index (χ1) is 14.7. The van der Waals surface area contributed by atoms with Crippen LogP contribution in [0.3, 0.4) is 0 Å². The minimum absolute atomic E-state index is 0.0923. The summed E-state index contributed by atoms with van der Waals surface area (Å²) in [6, 6.07) is 10.9. The number of anilines is 1. The number of carbonyl (C=O) groups is 1. The minimum atomic E-state index is 0.0923. The van der Waals surface area contributed by atoms with Crippen molar-refractivity contribution in [1.82, 2.24) is 10.3 Å². The Morgan fingerprint density at radius 2 is 1.83 bits per heavy atom. The van der Waals surface area contributed by atoms with Crippen LogP contribution < -0.4 is 10.2 Å². The predicted molar refractivity (Wildman–Crippen MR) is 121 cm³/mol. The number of carbonyl (C=O) groups excluding carboxylic acids is 1. The first-order valence-corrected chi connectivity index (χ1v) is 11.4. The molecule has 2 heterocycles. The van der Waals surface area contributed by atoms with Gasteiger partial charge in [0.1, 0.15) is 0 Å². The fourth-order valence-corrected chi connectivity index (χ4v) is 4.67. The zero-order valence-corrected chi connectivity index (χ0v) is 18.0. The highest BCUT2D eigenvalue weighted by Crippen LogP contribution is 2.27. The highest BCUT2D eigenvalue weighted by Gasteiger charge is 2.21. The molecule has 1 N–H and O–H groups in total. The lowest BCUT2D eigenvalue weighted by Crippen LogP contribution is -2.39. The molecule has 2 fully saturated rings. The number of benzene rings is 1. The largest absolute Gasteiger partial charge is 0.378 e. The molecular formula is C25H33N3O2. The third-order valence-corrected chi connectivity index (χ3v) is 6.48. The summed E-state index contributed by atoms with van der Waals surface area (Å²) in [6.45, 7) is 5.60. The van der Waals surface area contributed by atoms with Gasteiger partial charge < -0.3 is 15.0 Å². The molecule has 160 valence electrons. The van der Waals surface area contributed by atoms with E-state index in [2.05, 4.69) is 52.5 Å². The zero-order valence-electron chi connectivity index (χ0n) is 18.0. The van der Waals surface area contributed by atoms with Crippen LogP contribution in [0, 0.1) is 5.92 Å². The second-order valence-electron chi connectivity index (χ2n) is 8.66. The van der Waals surface area contributed by atoms with E-state index in [0.717, 1.165) is 43.0 Å². The normalized spacial score (nSPS) is 18.8. The second kappa shape index (κ2) is 10.1. The van der Waals surface area contributed by atoms with Crippen LogP contribution in [-0.2, 0) is 16.0 Å². The highest BCUT2D eigenvalue weighted by molar-refractivity contribution is 5.79. The number of ether oxygens (including phenoxy) is 1. The van der Waals surface area contributed by atoms with Gasteiger partial charge in [0.05, 0.1) is 19.6 Å². The molecule has 0 spiro atoms. The van der Waals surface area contributed by atoms with Crippen LogP contribution in [0.4, 0.5) is 5.69 Å². The quantitative estimate of drug-likeness (QED) is 0.779. The lowest BCUT2D eigenvalue weighted by Gasteiger charge is -2.29. The summed E-state index contributed by atoms with van der Waals surface area (Å²) in [7, 11) is 0. The summed E-state index contributed by atoms with van der Waals surface area (Å²) in [5.74, 6) is 0.715. The Kier molecular flexibility index (Phi) is 7.00. The SMILES string of the molecule is C[C@H](NC(=O)Cc1cncc(-c2ccc(N3CCOCC3)cc2)c1)C1CCCCC1. The molecular weight excluding hydrogens is 374 g/mol. The van der Waals surface area contributed by atoms with Crippen LogP contribution in [0.2, 0.25) is 0 Å². The van der Waals surface area contributed by atoms with Gasteiger partial charge in [0, 0.05) is 42.8 Å². The van der Waals surface area contributed by atoms with E-state index in [9.17, 15) is 4.79 Å². The summed E-state index contributed by atoms with van der Waals surface area (Å²) in [5, 5.41) is 3.22. The van der Waals surface area contributed by atoms with Crippen molar-refractivity contribution in [2.75, 3.05) is 31.2 Å². The molecule has 1 aromatic carbocycles. The molecule has 0 unspecified atom stereocenters. The monoisotopic (exact) mass is 407 g/mol. The Morgan fingerprint density at radius 1 is 1.10 bits per heavy atom. The number of morpholine rings is 1. The smallest absolute Gasteiger partial charge is 0.224 e. The molecule has 0 radical (unpaired) electrons. The van der Waals surface area contributed by atoms with Crippen molar-refractivity contribution in [1.29, 1.82) is 0 Å². The topological polar surface area (TPSA) is 54.5 Å². The van der Waals surface area contributed by atoms with Crippen molar-refractivity contribution < 1.29 is 9.53 Å². The number of pyridine rings is 1. The molecule has 0 bridgehead atoms. The van der Waals surface area contributed by atoms with Gasteiger partial charge in [-0.15, -0.1) is 0 Å². The van der Waals surface area contributed by atoms with E-state index in [0.29, 0.717) is 12.3 Å². The van der Waals surface area contributed by atoms with Gasteiger partial charge in [-0.05, 0) is 55.0 Å². The van der Waals surface area contributed by atoms with Gasteiger partial charge in [-0.25, -0.2) is 0 Å². The van der Waals surface area contributed by atoms with Gasteiger partial charge in [0.25, 0.3) is 0 Å². The number of hydrogen-bond donors (Lipinski definition) is 1. The van der Waals surface area contributed by atoms with Crippen molar-refractivity contribution in [2.24, 2.45) is 5.92 Å². The number of amides is 1.